The zero-order valence-corrected chi connectivity index (χ0v) is 21.5. The van der Waals surface area contributed by atoms with Gasteiger partial charge in [-0.3, -0.25) is 14.6 Å². The summed E-state index contributed by atoms with van der Waals surface area (Å²) in [5, 5.41) is 10.3. The summed E-state index contributed by atoms with van der Waals surface area (Å²) in [5.41, 5.74) is 2.16. The Morgan fingerprint density at radius 1 is 0.923 bits per heavy atom. The SMILES string of the molecule is O=C(NCc1ccncn1)c1cc(NC(=O)c2cc(-c3ccc(F)cn3)c(Cl)cc2Cl)n(-c2ccccc2)n1. The maximum Gasteiger partial charge on any atom is 0.272 e. The molecule has 0 bridgehead atoms. The van der Waals surface area contributed by atoms with Crippen LogP contribution in [-0.2, 0) is 6.54 Å². The van der Waals surface area contributed by atoms with Crippen molar-refractivity contribution in [2.75, 3.05) is 5.32 Å². The second kappa shape index (κ2) is 11.4. The van der Waals surface area contributed by atoms with Gasteiger partial charge in [0.2, 0.25) is 0 Å². The first kappa shape index (κ1) is 26.0. The van der Waals surface area contributed by atoms with Crippen LogP contribution in [0.4, 0.5) is 10.2 Å². The van der Waals surface area contributed by atoms with E-state index >= 15 is 0 Å². The zero-order chi connectivity index (χ0) is 27.4. The van der Waals surface area contributed by atoms with Crippen LogP contribution in [0, 0.1) is 5.82 Å². The second-order valence-corrected chi connectivity index (χ2v) is 8.99. The number of carbonyl (C=O) groups is 2. The number of nitrogens with zero attached hydrogens (tertiary/aromatic N) is 5. The molecule has 2 amide bonds. The number of aromatic nitrogens is 5. The van der Waals surface area contributed by atoms with E-state index in [-0.39, 0.29) is 33.7 Å². The standard InChI is InChI=1S/C27H18Cl2FN7O2/c28-21-11-22(29)20(10-19(21)23-7-6-16(30)13-32-23)26(38)35-25-12-24(36-37(25)18-4-2-1-3-5-18)27(39)33-14-17-8-9-31-15-34-17/h1-13,15H,14H2,(H,33,39)(H,35,38). The molecule has 0 spiro atoms. The Morgan fingerprint density at radius 3 is 2.46 bits per heavy atom. The van der Waals surface area contributed by atoms with E-state index in [1.807, 2.05) is 6.07 Å². The number of amides is 2. The molecule has 0 aliphatic heterocycles. The van der Waals surface area contributed by atoms with E-state index in [0.29, 0.717) is 22.6 Å². The van der Waals surface area contributed by atoms with Crippen molar-refractivity contribution < 1.29 is 14.0 Å². The van der Waals surface area contributed by atoms with Crippen molar-refractivity contribution in [1.29, 1.82) is 0 Å². The molecule has 3 heterocycles. The predicted octanol–water partition coefficient (Wildman–Crippen LogP) is 5.35. The lowest BCUT2D eigenvalue weighted by atomic mass is 10.1. The summed E-state index contributed by atoms with van der Waals surface area (Å²) in [4.78, 5) is 38.2. The number of halogens is 3. The van der Waals surface area contributed by atoms with Gasteiger partial charge in [0.1, 0.15) is 18.0 Å². The average molecular weight is 562 g/mol. The third-order valence-corrected chi connectivity index (χ3v) is 6.19. The summed E-state index contributed by atoms with van der Waals surface area (Å²) in [6.07, 6.45) is 4.01. The van der Waals surface area contributed by atoms with Gasteiger partial charge in [0, 0.05) is 17.8 Å². The second-order valence-electron chi connectivity index (χ2n) is 8.17. The minimum Gasteiger partial charge on any atom is -0.345 e. The highest BCUT2D eigenvalue weighted by molar-refractivity contribution is 6.38. The Labute approximate surface area is 231 Å². The molecule has 0 radical (unpaired) electrons. The van der Waals surface area contributed by atoms with E-state index in [9.17, 15) is 14.0 Å². The van der Waals surface area contributed by atoms with Crippen LogP contribution in [-0.4, -0.2) is 36.5 Å². The molecular formula is C27H18Cl2FN7O2. The van der Waals surface area contributed by atoms with Gasteiger partial charge in [0.15, 0.2) is 5.69 Å². The van der Waals surface area contributed by atoms with E-state index in [0.717, 1.165) is 6.20 Å². The van der Waals surface area contributed by atoms with E-state index in [1.54, 1.807) is 36.5 Å². The highest BCUT2D eigenvalue weighted by Gasteiger charge is 2.21. The zero-order valence-electron chi connectivity index (χ0n) is 20.0. The molecule has 0 aliphatic carbocycles. The fourth-order valence-corrected chi connectivity index (χ4v) is 4.24. The van der Waals surface area contributed by atoms with Gasteiger partial charge in [-0.15, -0.1) is 0 Å². The summed E-state index contributed by atoms with van der Waals surface area (Å²) in [6.45, 7) is 0.168. The predicted molar refractivity (Wildman–Crippen MR) is 144 cm³/mol. The Kier molecular flexibility index (Phi) is 7.57. The Hall–Kier alpha value is -4.67. The van der Waals surface area contributed by atoms with Crippen LogP contribution in [0.3, 0.4) is 0 Å². The lowest BCUT2D eigenvalue weighted by Crippen LogP contribution is -2.23. The maximum absolute atomic E-state index is 13.4. The van der Waals surface area contributed by atoms with Gasteiger partial charge >= 0.3 is 0 Å². The van der Waals surface area contributed by atoms with Crippen LogP contribution in [0.2, 0.25) is 10.0 Å². The molecule has 0 unspecified atom stereocenters. The molecule has 194 valence electrons. The van der Waals surface area contributed by atoms with Crippen LogP contribution in [0.25, 0.3) is 16.9 Å². The summed E-state index contributed by atoms with van der Waals surface area (Å²) in [6, 6.07) is 17.7. The normalized spacial score (nSPS) is 10.7. The molecule has 2 N–H and O–H groups in total. The fourth-order valence-electron chi connectivity index (χ4n) is 3.67. The van der Waals surface area contributed by atoms with Crippen LogP contribution in [0.15, 0.2) is 85.5 Å². The Balaban J connectivity index is 1.45. The molecule has 9 nitrogen and oxygen atoms in total. The van der Waals surface area contributed by atoms with Gasteiger partial charge in [-0.1, -0.05) is 41.4 Å². The van der Waals surface area contributed by atoms with Gasteiger partial charge in [-0.25, -0.2) is 19.0 Å². The monoisotopic (exact) mass is 561 g/mol. The number of rotatable bonds is 7. The smallest absolute Gasteiger partial charge is 0.272 e. The van der Waals surface area contributed by atoms with Crippen molar-refractivity contribution in [3.8, 4) is 16.9 Å². The number of hydrogen-bond acceptors (Lipinski definition) is 6. The number of anilines is 1. The third kappa shape index (κ3) is 5.92. The highest BCUT2D eigenvalue weighted by atomic mass is 35.5. The fraction of sp³-hybridized carbons (Fsp3) is 0.0370. The molecule has 2 aromatic carbocycles. The highest BCUT2D eigenvalue weighted by Crippen LogP contribution is 2.32. The largest absolute Gasteiger partial charge is 0.345 e. The van der Waals surface area contributed by atoms with Crippen molar-refractivity contribution in [3.05, 3.63) is 118 Å². The molecule has 5 aromatic rings. The van der Waals surface area contributed by atoms with Gasteiger partial charge < -0.3 is 10.6 Å². The third-order valence-electron chi connectivity index (χ3n) is 5.56. The summed E-state index contributed by atoms with van der Waals surface area (Å²) in [5.74, 6) is -1.32. The number of nitrogens with one attached hydrogen (secondary N) is 2. The molecule has 0 atom stereocenters. The number of carbonyl (C=O) groups excluding carboxylic acids is 2. The molecular weight excluding hydrogens is 544 g/mol. The van der Waals surface area contributed by atoms with Crippen LogP contribution in [0.1, 0.15) is 26.5 Å². The van der Waals surface area contributed by atoms with Crippen LogP contribution < -0.4 is 10.6 Å². The first-order valence-electron chi connectivity index (χ1n) is 11.5. The molecule has 0 saturated heterocycles. The van der Waals surface area contributed by atoms with Crippen LogP contribution >= 0.6 is 23.2 Å². The minimum atomic E-state index is -0.579. The van der Waals surface area contributed by atoms with Crippen molar-refractivity contribution >= 4 is 40.8 Å². The topological polar surface area (TPSA) is 115 Å². The average Bonchev–Trinajstić information content (AvgIpc) is 3.37. The molecule has 3 aromatic heterocycles. The van der Waals surface area contributed by atoms with Crippen molar-refractivity contribution in [2.24, 2.45) is 0 Å². The van der Waals surface area contributed by atoms with Gasteiger partial charge in [-0.2, -0.15) is 5.10 Å². The first-order chi connectivity index (χ1) is 18.9. The Bertz CT molecular complexity index is 1650. The number of pyridine rings is 1. The summed E-state index contributed by atoms with van der Waals surface area (Å²) >= 11 is 12.7. The quantitative estimate of drug-likeness (QED) is 0.276. The molecule has 0 aliphatic rings. The van der Waals surface area contributed by atoms with E-state index in [2.05, 4.69) is 30.7 Å². The lowest BCUT2D eigenvalue weighted by Gasteiger charge is -2.12. The summed E-state index contributed by atoms with van der Waals surface area (Å²) in [7, 11) is 0. The molecule has 0 saturated carbocycles. The number of para-hydroxylation sites is 1. The van der Waals surface area contributed by atoms with E-state index in [4.69, 9.17) is 23.2 Å². The van der Waals surface area contributed by atoms with Crippen molar-refractivity contribution in [2.45, 2.75) is 6.54 Å². The van der Waals surface area contributed by atoms with Gasteiger partial charge in [0.05, 0.1) is 45.4 Å². The lowest BCUT2D eigenvalue weighted by molar-refractivity contribution is 0.0944. The maximum atomic E-state index is 13.4. The van der Waals surface area contributed by atoms with Crippen molar-refractivity contribution in [1.82, 2.24) is 30.0 Å². The van der Waals surface area contributed by atoms with E-state index < -0.39 is 17.6 Å². The molecule has 5 rings (SSSR count). The molecule has 12 heteroatoms. The molecule has 39 heavy (non-hydrogen) atoms. The van der Waals surface area contributed by atoms with Gasteiger partial charge in [0.25, 0.3) is 11.8 Å². The van der Waals surface area contributed by atoms with Crippen molar-refractivity contribution in [3.63, 3.8) is 0 Å². The number of benzene rings is 2. The van der Waals surface area contributed by atoms with Crippen LogP contribution in [0.5, 0.6) is 0 Å². The van der Waals surface area contributed by atoms with Gasteiger partial charge in [-0.05, 0) is 42.5 Å². The minimum absolute atomic E-state index is 0.0709. The summed E-state index contributed by atoms with van der Waals surface area (Å²) < 4.78 is 14.8. The molecule has 0 fully saturated rings. The number of hydrogen-bond donors (Lipinski definition) is 2. The van der Waals surface area contributed by atoms with E-state index in [1.165, 1.54) is 41.3 Å². The Morgan fingerprint density at radius 2 is 1.74 bits per heavy atom. The first-order valence-corrected chi connectivity index (χ1v) is 12.3.